The molecule has 0 spiro atoms. The summed E-state index contributed by atoms with van der Waals surface area (Å²) in [5.41, 5.74) is 12.3. The molecule has 276 valence electrons. The zero-order valence-electron chi connectivity index (χ0n) is 31.9. The van der Waals surface area contributed by atoms with E-state index in [1.54, 1.807) is 0 Å². The molecule has 0 saturated heterocycles. The Hall–Kier alpha value is -6.50. The smallest absolute Gasteiger partial charge is 0.139 e. The number of furan rings is 1. The predicted octanol–water partition coefficient (Wildman–Crippen LogP) is 14.9. The van der Waals surface area contributed by atoms with E-state index in [0.717, 1.165) is 39.7 Å². The van der Waals surface area contributed by atoms with Crippen LogP contribution in [-0.2, 0) is 0 Å². The summed E-state index contributed by atoms with van der Waals surface area (Å²) in [5, 5.41) is 7.15. The van der Waals surface area contributed by atoms with Crippen LogP contribution in [0, 0.1) is 5.41 Å². The Kier molecular flexibility index (Phi) is 7.55. The molecule has 0 fully saturated rings. The van der Waals surface area contributed by atoms with E-state index in [-0.39, 0.29) is 5.41 Å². The van der Waals surface area contributed by atoms with E-state index in [2.05, 4.69) is 210 Å². The highest BCUT2D eigenvalue weighted by Crippen LogP contribution is 2.50. The summed E-state index contributed by atoms with van der Waals surface area (Å²) in [6, 6.07) is 57.4. The van der Waals surface area contributed by atoms with E-state index in [0.29, 0.717) is 0 Å². The number of nitrogens with zero attached hydrogens (tertiary/aromatic N) is 2. The molecule has 1 aliphatic carbocycles. The first-order valence-corrected chi connectivity index (χ1v) is 22.1. The Balaban J connectivity index is 1.33. The van der Waals surface area contributed by atoms with Gasteiger partial charge >= 0.3 is 0 Å². The molecular weight excluding hydrogens is 820 g/mol. The molecule has 4 heterocycles. The van der Waals surface area contributed by atoms with Gasteiger partial charge in [0.1, 0.15) is 11.2 Å². The Morgan fingerprint density at radius 2 is 1.10 bits per heavy atom. The van der Waals surface area contributed by atoms with Crippen LogP contribution in [0.5, 0.6) is 0 Å². The summed E-state index contributed by atoms with van der Waals surface area (Å²) in [5.74, 6) is 0. The van der Waals surface area contributed by atoms with Crippen LogP contribution in [0.4, 0.5) is 0 Å². The van der Waals surface area contributed by atoms with Crippen molar-refractivity contribution in [3.8, 4) is 11.4 Å². The van der Waals surface area contributed by atoms with E-state index < -0.39 is 20.7 Å². The van der Waals surface area contributed by atoms with Crippen molar-refractivity contribution in [2.45, 2.75) is 13.3 Å². The Morgan fingerprint density at radius 1 is 0.552 bits per heavy atom. The number of para-hydroxylation sites is 5. The average Bonchev–Trinajstić information content (AvgIpc) is 3.94. The summed E-state index contributed by atoms with van der Waals surface area (Å²) in [7, 11) is 0. The molecule has 58 heavy (non-hydrogen) atoms. The lowest BCUT2D eigenvalue weighted by molar-refractivity contribution is 0.614. The number of rotatable bonds is 5. The van der Waals surface area contributed by atoms with Crippen LogP contribution in [0.15, 0.2) is 199 Å². The number of aromatic nitrogens is 2. The maximum atomic E-state index is 6.97. The van der Waals surface area contributed by atoms with Gasteiger partial charge < -0.3 is 13.6 Å². The lowest BCUT2D eigenvalue weighted by Gasteiger charge is -2.31. The minimum atomic E-state index is -0.487. The van der Waals surface area contributed by atoms with Gasteiger partial charge in [0.25, 0.3) is 0 Å². The lowest BCUT2D eigenvalue weighted by atomic mass is 9.79. The van der Waals surface area contributed by atoms with Gasteiger partial charge in [0.15, 0.2) is 0 Å². The van der Waals surface area contributed by atoms with Gasteiger partial charge in [-0.25, -0.2) is 0 Å². The van der Waals surface area contributed by atoms with E-state index in [4.69, 9.17) is 4.42 Å². The molecule has 3 nitrogen and oxygen atoms in total. The van der Waals surface area contributed by atoms with Crippen LogP contribution >= 0.6 is 20.7 Å². The van der Waals surface area contributed by atoms with Gasteiger partial charge in [-0.1, -0.05) is 173 Å². The summed E-state index contributed by atoms with van der Waals surface area (Å²) in [6.45, 7) is 2.43. The minimum absolute atomic E-state index is 0.0893. The molecule has 7 aromatic carbocycles. The fourth-order valence-electron chi connectivity index (χ4n) is 9.42. The number of fused-ring (bicyclic) bond motifs is 9. The number of benzene rings is 7. The van der Waals surface area contributed by atoms with Crippen molar-refractivity contribution >= 4 is 98.9 Å². The van der Waals surface area contributed by atoms with Crippen molar-refractivity contribution < 1.29 is 4.42 Å². The van der Waals surface area contributed by atoms with E-state index in [1.165, 1.54) is 67.4 Å². The van der Waals surface area contributed by atoms with Crippen LogP contribution in [0.3, 0.4) is 0 Å². The van der Waals surface area contributed by atoms with Crippen LogP contribution in [0.2, 0.25) is 0 Å². The summed E-state index contributed by atoms with van der Waals surface area (Å²) in [6.07, 6.45) is 15.3. The summed E-state index contributed by atoms with van der Waals surface area (Å²) in [4.78, 5) is 0. The van der Waals surface area contributed by atoms with Crippen LogP contribution in [-0.4, -0.2) is 12.6 Å². The molecule has 0 N–H and O–H groups in total. The molecule has 2 aliphatic rings. The molecule has 4 heteroatoms. The highest BCUT2D eigenvalue weighted by molar-refractivity contribution is 14.2. The first-order chi connectivity index (χ1) is 28.6. The minimum Gasteiger partial charge on any atom is -0.456 e. The zero-order chi connectivity index (χ0) is 38.4. The molecule has 1 atom stereocenters. The third-order valence-electron chi connectivity index (χ3n) is 12.1. The van der Waals surface area contributed by atoms with Crippen molar-refractivity contribution in [3.63, 3.8) is 0 Å². The van der Waals surface area contributed by atoms with Crippen LogP contribution in [0.1, 0.15) is 24.5 Å². The number of hydrogen-bond donors (Lipinski definition) is 0. The maximum Gasteiger partial charge on any atom is 0.139 e. The SMILES string of the molecule is CC1(C2=IC(c3ccccc3)=CC(c3c(-n4c5ccccc5c5ccccc54)cc4oc5ccccc5c4c3-n3c4ccccc4c4ccccc43)=C2)C=CC=CC1. The van der Waals surface area contributed by atoms with Crippen molar-refractivity contribution in [3.05, 3.63) is 205 Å². The summed E-state index contributed by atoms with van der Waals surface area (Å²) < 4.78 is 14.9. The highest BCUT2D eigenvalue weighted by Gasteiger charge is 2.32. The fraction of sp³-hybridized carbons (Fsp3) is 0.0556. The molecular formula is C54H37IN2O. The fourth-order valence-corrected chi connectivity index (χ4v) is 12.7. The Morgan fingerprint density at radius 3 is 1.71 bits per heavy atom. The Bertz CT molecular complexity index is 3390. The van der Waals surface area contributed by atoms with Gasteiger partial charge in [0, 0.05) is 47.6 Å². The van der Waals surface area contributed by atoms with Gasteiger partial charge in [-0.3, -0.25) is 0 Å². The Labute approximate surface area is 345 Å². The predicted molar refractivity (Wildman–Crippen MR) is 255 cm³/mol. The normalized spacial score (nSPS) is 17.0. The van der Waals surface area contributed by atoms with Gasteiger partial charge in [-0.05, 0) is 63.6 Å². The van der Waals surface area contributed by atoms with E-state index >= 15 is 0 Å². The second-order valence-corrected chi connectivity index (χ2v) is 18.5. The molecule has 0 bridgehead atoms. The third kappa shape index (κ3) is 5.01. The highest BCUT2D eigenvalue weighted by atomic mass is 127. The molecule has 0 radical (unpaired) electrons. The molecule has 1 unspecified atom stereocenters. The summed E-state index contributed by atoms with van der Waals surface area (Å²) >= 11 is -0.487. The van der Waals surface area contributed by atoms with E-state index in [9.17, 15) is 0 Å². The molecule has 12 rings (SSSR count). The number of allylic oxidation sites excluding steroid dienone is 7. The van der Waals surface area contributed by atoms with Crippen molar-refractivity contribution in [2.75, 3.05) is 0 Å². The second kappa shape index (κ2) is 13.0. The molecule has 10 aromatic rings. The van der Waals surface area contributed by atoms with Gasteiger partial charge in [-0.15, -0.1) is 0 Å². The monoisotopic (exact) mass is 856 g/mol. The van der Waals surface area contributed by atoms with Gasteiger partial charge in [-0.2, -0.15) is 0 Å². The first-order valence-electron chi connectivity index (χ1n) is 20.0. The van der Waals surface area contributed by atoms with Crippen LogP contribution < -0.4 is 0 Å². The van der Waals surface area contributed by atoms with Gasteiger partial charge in [0.2, 0.25) is 0 Å². The molecule has 0 saturated carbocycles. The van der Waals surface area contributed by atoms with Gasteiger partial charge in [0.05, 0.1) is 38.8 Å². The average molecular weight is 857 g/mol. The number of halogens is 1. The quantitative estimate of drug-likeness (QED) is 0.158. The first kappa shape index (κ1) is 33.6. The van der Waals surface area contributed by atoms with Crippen molar-refractivity contribution in [1.29, 1.82) is 0 Å². The molecule has 1 aliphatic heterocycles. The van der Waals surface area contributed by atoms with Crippen molar-refractivity contribution in [2.24, 2.45) is 5.41 Å². The maximum absolute atomic E-state index is 6.97. The number of hydrogen-bond acceptors (Lipinski definition) is 1. The zero-order valence-corrected chi connectivity index (χ0v) is 34.0. The second-order valence-electron chi connectivity index (χ2n) is 15.6. The third-order valence-corrected chi connectivity index (χ3v) is 15.8. The lowest BCUT2D eigenvalue weighted by Crippen LogP contribution is -2.24. The topological polar surface area (TPSA) is 23.0 Å². The molecule has 3 aromatic heterocycles. The van der Waals surface area contributed by atoms with E-state index in [1.807, 2.05) is 0 Å². The standard InChI is InChI=1S/C54H37IN2O/c1-54(30-16-3-17-31-54)50-33-36(32-42(55-50)35-18-4-2-5-19-35)51-47(56-43-25-11-6-20-37(43)38-21-7-12-26-44(38)56)34-49-52(41-24-10-15-29-48(41)58-49)53(51)57-45-27-13-8-22-39(45)40-23-9-14-28-46(40)57/h2-30,32-34H,31H2,1H3. The largest absolute Gasteiger partial charge is 0.456 e. The van der Waals surface area contributed by atoms with Crippen LogP contribution in [0.25, 0.3) is 86.1 Å². The van der Waals surface area contributed by atoms with Crippen molar-refractivity contribution in [1.82, 2.24) is 9.13 Å². The molecule has 0 amide bonds.